The molecular formula is C22H20ClN5OS. The number of nitrogens with one attached hydrogen (secondary N) is 1. The maximum Gasteiger partial charge on any atom is 0.190 e. The van der Waals surface area contributed by atoms with Crippen LogP contribution >= 0.6 is 23.4 Å². The summed E-state index contributed by atoms with van der Waals surface area (Å²) in [6, 6.07) is 16.3. The molecule has 0 aliphatic rings. The lowest BCUT2D eigenvalue weighted by atomic mass is 10.1. The van der Waals surface area contributed by atoms with Crippen molar-refractivity contribution in [3.05, 3.63) is 64.7 Å². The zero-order chi connectivity index (χ0) is 21.5. The summed E-state index contributed by atoms with van der Waals surface area (Å²) in [5, 5.41) is 24.9. The molecule has 0 radical (unpaired) electrons. The highest BCUT2D eigenvalue weighted by Gasteiger charge is 2.16. The van der Waals surface area contributed by atoms with Gasteiger partial charge in [0.25, 0.3) is 0 Å². The molecule has 1 aromatic heterocycles. The number of anilines is 1. The molecule has 0 spiro atoms. The number of thioether (sulfide) groups is 1. The monoisotopic (exact) mass is 437 g/mol. The van der Waals surface area contributed by atoms with E-state index in [0.717, 1.165) is 11.3 Å². The molecule has 0 saturated carbocycles. The third kappa shape index (κ3) is 5.50. The second-order valence-corrected chi connectivity index (χ2v) is 8.26. The summed E-state index contributed by atoms with van der Waals surface area (Å²) in [5.74, 6) is 1.66. The zero-order valence-electron chi connectivity index (χ0n) is 16.5. The first-order valence-electron chi connectivity index (χ1n) is 9.26. The molecule has 0 bridgehead atoms. The Morgan fingerprint density at radius 1 is 1.23 bits per heavy atom. The topological polar surface area (TPSA) is 94.2 Å². The highest BCUT2D eigenvalue weighted by molar-refractivity contribution is 7.99. The van der Waals surface area contributed by atoms with Gasteiger partial charge in [0, 0.05) is 21.9 Å². The van der Waals surface area contributed by atoms with Gasteiger partial charge >= 0.3 is 0 Å². The van der Waals surface area contributed by atoms with Crippen LogP contribution < -0.4 is 5.43 Å². The second-order valence-electron chi connectivity index (χ2n) is 6.83. The van der Waals surface area contributed by atoms with Crippen LogP contribution in [0.1, 0.15) is 25.0 Å². The molecule has 0 amide bonds. The number of rotatable bonds is 7. The highest BCUT2D eigenvalue weighted by atomic mass is 35.5. The van der Waals surface area contributed by atoms with Crippen LogP contribution in [0.15, 0.2) is 58.8 Å². The van der Waals surface area contributed by atoms with E-state index in [4.69, 9.17) is 11.6 Å². The molecule has 0 saturated heterocycles. The predicted molar refractivity (Wildman–Crippen MR) is 122 cm³/mol. The fourth-order valence-electron chi connectivity index (χ4n) is 2.53. The molecule has 6 nitrogen and oxygen atoms in total. The van der Waals surface area contributed by atoms with Gasteiger partial charge < -0.3 is 5.11 Å². The van der Waals surface area contributed by atoms with Gasteiger partial charge in [0.2, 0.25) is 0 Å². The Morgan fingerprint density at radius 3 is 2.70 bits per heavy atom. The zero-order valence-corrected chi connectivity index (χ0v) is 18.1. The van der Waals surface area contributed by atoms with Crippen molar-refractivity contribution in [2.24, 2.45) is 11.0 Å². The standard InChI is InChI=1S/C22H20ClN5OS/c1-14(2)13-30-22-26-20(15-6-4-3-5-7-15)18(11-24)21(27-22)28-25-12-16-10-17(23)8-9-19(16)29/h3-10,12,14,29H,13H2,1-2H3,(H,26,27,28)/b25-12+. The van der Waals surface area contributed by atoms with Gasteiger partial charge in [0.15, 0.2) is 11.0 Å². The number of benzene rings is 2. The molecule has 30 heavy (non-hydrogen) atoms. The van der Waals surface area contributed by atoms with E-state index in [1.54, 1.807) is 12.1 Å². The predicted octanol–water partition coefficient (Wildman–Crippen LogP) is 5.57. The van der Waals surface area contributed by atoms with E-state index in [0.29, 0.717) is 38.7 Å². The van der Waals surface area contributed by atoms with E-state index in [-0.39, 0.29) is 5.75 Å². The van der Waals surface area contributed by atoms with Crippen LogP contribution in [0.3, 0.4) is 0 Å². The van der Waals surface area contributed by atoms with Crippen molar-refractivity contribution in [1.82, 2.24) is 9.97 Å². The van der Waals surface area contributed by atoms with Gasteiger partial charge in [-0.2, -0.15) is 10.4 Å². The fourth-order valence-corrected chi connectivity index (χ4v) is 3.50. The van der Waals surface area contributed by atoms with E-state index in [1.807, 2.05) is 30.3 Å². The molecule has 0 atom stereocenters. The van der Waals surface area contributed by atoms with Crippen LogP contribution in [0.25, 0.3) is 11.3 Å². The molecular weight excluding hydrogens is 418 g/mol. The average Bonchev–Trinajstić information content (AvgIpc) is 2.75. The van der Waals surface area contributed by atoms with Gasteiger partial charge in [-0.25, -0.2) is 9.97 Å². The molecule has 0 aliphatic carbocycles. The first-order valence-corrected chi connectivity index (χ1v) is 10.6. The third-order valence-corrected chi connectivity index (χ3v) is 5.47. The summed E-state index contributed by atoms with van der Waals surface area (Å²) in [5.41, 5.74) is 4.93. The number of nitriles is 1. The normalized spacial score (nSPS) is 11.0. The quantitative estimate of drug-likeness (QED) is 0.217. The van der Waals surface area contributed by atoms with Crippen molar-refractivity contribution in [2.75, 3.05) is 11.2 Å². The molecule has 0 aliphatic heterocycles. The van der Waals surface area contributed by atoms with Crippen molar-refractivity contribution in [3.8, 4) is 23.1 Å². The lowest BCUT2D eigenvalue weighted by Crippen LogP contribution is -2.04. The number of hydrazone groups is 1. The van der Waals surface area contributed by atoms with Crippen LogP contribution in [0.4, 0.5) is 5.82 Å². The molecule has 0 fully saturated rings. The van der Waals surface area contributed by atoms with Gasteiger partial charge in [-0.3, -0.25) is 5.43 Å². The summed E-state index contributed by atoms with van der Waals surface area (Å²) in [7, 11) is 0. The van der Waals surface area contributed by atoms with Crippen LogP contribution in [0.5, 0.6) is 5.75 Å². The number of hydrogen-bond acceptors (Lipinski definition) is 7. The van der Waals surface area contributed by atoms with Crippen molar-refractivity contribution in [3.63, 3.8) is 0 Å². The molecule has 3 rings (SSSR count). The summed E-state index contributed by atoms with van der Waals surface area (Å²) >= 11 is 7.49. The maximum atomic E-state index is 9.93. The lowest BCUT2D eigenvalue weighted by Gasteiger charge is -2.11. The van der Waals surface area contributed by atoms with Crippen LogP contribution in [0, 0.1) is 17.2 Å². The largest absolute Gasteiger partial charge is 0.507 e. The van der Waals surface area contributed by atoms with E-state index in [1.165, 1.54) is 24.0 Å². The van der Waals surface area contributed by atoms with Crippen molar-refractivity contribution in [2.45, 2.75) is 19.0 Å². The van der Waals surface area contributed by atoms with Gasteiger partial charge in [0.1, 0.15) is 17.4 Å². The Balaban J connectivity index is 1.99. The Hall–Kier alpha value is -3.08. The number of nitrogens with zero attached hydrogens (tertiary/aromatic N) is 4. The van der Waals surface area contributed by atoms with E-state index < -0.39 is 0 Å². The first kappa shape index (κ1) is 21.6. The van der Waals surface area contributed by atoms with Gasteiger partial charge in [-0.1, -0.05) is 67.5 Å². The molecule has 2 aromatic carbocycles. The summed E-state index contributed by atoms with van der Waals surface area (Å²) in [4.78, 5) is 9.11. The maximum absolute atomic E-state index is 9.93. The molecule has 1 heterocycles. The van der Waals surface area contributed by atoms with Gasteiger partial charge in [-0.05, 0) is 24.1 Å². The van der Waals surface area contributed by atoms with Crippen LogP contribution in [-0.4, -0.2) is 27.0 Å². The molecule has 0 unspecified atom stereocenters. The van der Waals surface area contributed by atoms with Crippen LogP contribution in [0.2, 0.25) is 5.02 Å². The fraction of sp³-hybridized carbons (Fsp3) is 0.182. The SMILES string of the molecule is CC(C)CSc1nc(N/N=C/c2cc(Cl)ccc2O)c(C#N)c(-c2ccccc2)n1. The number of halogens is 1. The molecule has 8 heteroatoms. The highest BCUT2D eigenvalue weighted by Crippen LogP contribution is 2.29. The minimum Gasteiger partial charge on any atom is -0.507 e. The number of phenolic OH excluding ortho intramolecular Hbond substituents is 1. The number of phenols is 1. The lowest BCUT2D eigenvalue weighted by molar-refractivity contribution is 0.474. The average molecular weight is 438 g/mol. The smallest absolute Gasteiger partial charge is 0.190 e. The second kappa shape index (κ2) is 10.1. The van der Waals surface area contributed by atoms with E-state index >= 15 is 0 Å². The molecule has 3 aromatic rings. The van der Waals surface area contributed by atoms with Gasteiger partial charge in [-0.15, -0.1) is 0 Å². The minimum absolute atomic E-state index is 0.0475. The minimum atomic E-state index is 0.0475. The number of hydrogen-bond donors (Lipinski definition) is 2. The molecule has 2 N–H and O–H groups in total. The van der Waals surface area contributed by atoms with Crippen LogP contribution in [-0.2, 0) is 0 Å². The van der Waals surface area contributed by atoms with Crippen molar-refractivity contribution < 1.29 is 5.11 Å². The number of aromatic nitrogens is 2. The Kier molecular flexibility index (Phi) is 7.28. The van der Waals surface area contributed by atoms with Gasteiger partial charge in [0.05, 0.1) is 11.9 Å². The summed E-state index contributed by atoms with van der Waals surface area (Å²) in [6.45, 7) is 4.24. The Labute approximate surface area is 184 Å². The summed E-state index contributed by atoms with van der Waals surface area (Å²) < 4.78 is 0. The van der Waals surface area contributed by atoms with Crippen molar-refractivity contribution >= 4 is 35.4 Å². The first-order chi connectivity index (χ1) is 14.5. The third-order valence-electron chi connectivity index (χ3n) is 3.96. The summed E-state index contributed by atoms with van der Waals surface area (Å²) in [6.07, 6.45) is 1.42. The Morgan fingerprint density at radius 2 is 2.00 bits per heavy atom. The molecule has 152 valence electrons. The van der Waals surface area contributed by atoms with E-state index in [9.17, 15) is 10.4 Å². The number of aromatic hydroxyl groups is 1. The van der Waals surface area contributed by atoms with E-state index in [2.05, 4.69) is 40.4 Å². The Bertz CT molecular complexity index is 1100. The van der Waals surface area contributed by atoms with Crippen molar-refractivity contribution in [1.29, 1.82) is 5.26 Å².